The van der Waals surface area contributed by atoms with E-state index in [-0.39, 0.29) is 6.04 Å². The van der Waals surface area contributed by atoms with E-state index >= 15 is 0 Å². The van der Waals surface area contributed by atoms with Crippen molar-refractivity contribution in [1.82, 2.24) is 10.2 Å². The minimum atomic E-state index is -3.44. The number of amides is 1. The zero-order chi connectivity index (χ0) is 17.8. The number of rotatable bonds is 7. The number of sulfone groups is 1. The highest BCUT2D eigenvalue weighted by Crippen LogP contribution is 2.18. The first kappa shape index (κ1) is 19.6. The molecule has 6 heteroatoms. The van der Waals surface area contributed by atoms with Gasteiger partial charge in [-0.3, -0.25) is 4.79 Å². The van der Waals surface area contributed by atoms with E-state index < -0.39 is 26.2 Å². The van der Waals surface area contributed by atoms with Crippen LogP contribution in [0.1, 0.15) is 37.9 Å². The normalized spacial score (nSPS) is 14.8. The molecular formula is C17H28N2O3S. The van der Waals surface area contributed by atoms with Gasteiger partial charge >= 0.3 is 0 Å². The third-order valence-corrected chi connectivity index (χ3v) is 6.59. The lowest BCUT2D eigenvalue weighted by Gasteiger charge is -2.26. The first-order valence-electron chi connectivity index (χ1n) is 7.80. The lowest BCUT2D eigenvalue weighted by molar-refractivity contribution is -0.120. The molecule has 0 spiro atoms. The van der Waals surface area contributed by atoms with Crippen molar-refractivity contribution in [2.24, 2.45) is 0 Å². The highest BCUT2D eigenvalue weighted by Gasteiger charge is 2.31. The summed E-state index contributed by atoms with van der Waals surface area (Å²) < 4.78 is 24.2. The number of nitrogens with one attached hydrogen (secondary N) is 1. The Bertz CT molecular complexity index is 622. The van der Waals surface area contributed by atoms with Crippen molar-refractivity contribution in [2.45, 2.75) is 44.2 Å². The maximum Gasteiger partial charge on any atom is 0.238 e. The summed E-state index contributed by atoms with van der Waals surface area (Å²) >= 11 is 0. The molecular weight excluding hydrogens is 312 g/mol. The summed E-state index contributed by atoms with van der Waals surface area (Å²) in [5, 5.41) is 1.17. The van der Waals surface area contributed by atoms with Gasteiger partial charge in [-0.25, -0.2) is 8.42 Å². The van der Waals surface area contributed by atoms with E-state index in [1.54, 1.807) is 13.8 Å². The Morgan fingerprint density at radius 3 is 2.09 bits per heavy atom. The van der Waals surface area contributed by atoms with Crippen molar-refractivity contribution in [2.75, 3.05) is 20.6 Å². The Morgan fingerprint density at radius 1 is 1.13 bits per heavy atom. The molecule has 1 N–H and O–H groups in total. The number of hydrogen-bond donors (Lipinski definition) is 1. The van der Waals surface area contributed by atoms with Crippen molar-refractivity contribution >= 4 is 15.7 Å². The van der Waals surface area contributed by atoms with E-state index in [0.717, 1.165) is 5.56 Å². The Hall–Kier alpha value is -1.40. The molecule has 0 saturated carbocycles. The SMILES string of the molecule is Cc1ccc([C@@H](CNC(=O)[C@H](C)S(=O)(=O)C(C)C)N(C)C)cc1. The molecule has 1 amide bonds. The number of carbonyl (C=O) groups is 1. The Morgan fingerprint density at radius 2 is 1.65 bits per heavy atom. The summed E-state index contributed by atoms with van der Waals surface area (Å²) in [6.07, 6.45) is 0. The van der Waals surface area contributed by atoms with E-state index in [9.17, 15) is 13.2 Å². The van der Waals surface area contributed by atoms with E-state index in [4.69, 9.17) is 0 Å². The Labute approximate surface area is 140 Å². The molecule has 0 aliphatic rings. The summed E-state index contributed by atoms with van der Waals surface area (Å²) in [6, 6.07) is 8.10. The van der Waals surface area contributed by atoms with Crippen molar-refractivity contribution < 1.29 is 13.2 Å². The van der Waals surface area contributed by atoms with Crippen molar-refractivity contribution in [3.05, 3.63) is 35.4 Å². The molecule has 0 heterocycles. The molecule has 0 unspecified atom stereocenters. The number of likely N-dealkylation sites (N-methyl/N-ethyl adjacent to an activating group) is 1. The van der Waals surface area contributed by atoms with Gasteiger partial charge in [-0.1, -0.05) is 29.8 Å². The summed E-state index contributed by atoms with van der Waals surface area (Å²) in [6.45, 7) is 7.02. The first-order valence-corrected chi connectivity index (χ1v) is 9.41. The summed E-state index contributed by atoms with van der Waals surface area (Å²) in [4.78, 5) is 14.2. The molecule has 0 aliphatic heterocycles. The average molecular weight is 340 g/mol. The third kappa shape index (κ3) is 5.04. The highest BCUT2D eigenvalue weighted by molar-refractivity contribution is 7.93. The van der Waals surface area contributed by atoms with Gasteiger partial charge in [0.25, 0.3) is 0 Å². The predicted octanol–water partition coefficient (Wildman–Crippen LogP) is 1.93. The molecule has 5 nitrogen and oxygen atoms in total. The second kappa shape index (κ2) is 7.93. The average Bonchev–Trinajstić information content (AvgIpc) is 2.47. The van der Waals surface area contributed by atoms with Crippen LogP contribution in [-0.4, -0.2) is 50.4 Å². The van der Waals surface area contributed by atoms with Gasteiger partial charge in [-0.15, -0.1) is 0 Å². The fourth-order valence-corrected chi connectivity index (χ4v) is 3.48. The van der Waals surface area contributed by atoms with Gasteiger partial charge in [0.15, 0.2) is 9.84 Å². The largest absolute Gasteiger partial charge is 0.353 e. The first-order chi connectivity index (χ1) is 10.6. The van der Waals surface area contributed by atoms with Crippen LogP contribution in [0.2, 0.25) is 0 Å². The summed E-state index contributed by atoms with van der Waals surface area (Å²) in [5.74, 6) is -0.447. The fraction of sp³-hybridized carbons (Fsp3) is 0.588. The molecule has 0 aromatic heterocycles. The van der Waals surface area contributed by atoms with Crippen LogP contribution in [-0.2, 0) is 14.6 Å². The van der Waals surface area contributed by atoms with Crippen LogP contribution in [0.4, 0.5) is 0 Å². The van der Waals surface area contributed by atoms with Gasteiger partial charge in [-0.2, -0.15) is 0 Å². The van der Waals surface area contributed by atoms with Crippen molar-refractivity contribution in [3.8, 4) is 0 Å². The monoisotopic (exact) mass is 340 g/mol. The van der Waals surface area contributed by atoms with Gasteiger partial charge < -0.3 is 10.2 Å². The van der Waals surface area contributed by atoms with Gasteiger partial charge in [0, 0.05) is 6.54 Å². The topological polar surface area (TPSA) is 66.5 Å². The van der Waals surface area contributed by atoms with Crippen LogP contribution in [0.15, 0.2) is 24.3 Å². The second-order valence-electron chi connectivity index (χ2n) is 6.42. The quantitative estimate of drug-likeness (QED) is 0.823. The van der Waals surface area contributed by atoms with Crippen LogP contribution in [0, 0.1) is 6.92 Å². The van der Waals surface area contributed by atoms with Crippen LogP contribution in [0.3, 0.4) is 0 Å². The molecule has 1 aromatic rings. The Balaban J connectivity index is 2.80. The highest BCUT2D eigenvalue weighted by atomic mass is 32.2. The molecule has 23 heavy (non-hydrogen) atoms. The standard InChI is InChI=1S/C17H28N2O3S/c1-12(2)23(21,22)14(4)17(20)18-11-16(19(5)6)15-9-7-13(3)8-10-15/h7-10,12,14,16H,11H2,1-6H3,(H,18,20)/t14-,16+/m0/s1. The molecule has 0 saturated heterocycles. The van der Waals surface area contributed by atoms with Crippen LogP contribution >= 0.6 is 0 Å². The maximum absolute atomic E-state index is 12.2. The van der Waals surface area contributed by atoms with E-state index in [0.29, 0.717) is 6.54 Å². The smallest absolute Gasteiger partial charge is 0.238 e. The van der Waals surface area contributed by atoms with E-state index in [1.807, 2.05) is 50.2 Å². The molecule has 0 radical (unpaired) electrons. The molecule has 0 fully saturated rings. The van der Waals surface area contributed by atoms with Gasteiger partial charge in [0.2, 0.25) is 5.91 Å². The molecule has 0 aliphatic carbocycles. The minimum absolute atomic E-state index is 0.00601. The van der Waals surface area contributed by atoms with Gasteiger partial charge in [0.1, 0.15) is 5.25 Å². The van der Waals surface area contributed by atoms with Crippen LogP contribution < -0.4 is 5.32 Å². The Kier molecular flexibility index (Phi) is 6.77. The van der Waals surface area contributed by atoms with E-state index in [1.165, 1.54) is 12.5 Å². The lowest BCUT2D eigenvalue weighted by atomic mass is 10.0. The van der Waals surface area contributed by atoms with Crippen LogP contribution in [0.5, 0.6) is 0 Å². The van der Waals surface area contributed by atoms with E-state index in [2.05, 4.69) is 5.32 Å². The zero-order valence-corrected chi connectivity index (χ0v) is 15.6. The molecule has 1 aromatic carbocycles. The van der Waals surface area contributed by atoms with Crippen LogP contribution in [0.25, 0.3) is 0 Å². The number of benzene rings is 1. The van der Waals surface area contributed by atoms with Gasteiger partial charge in [-0.05, 0) is 47.4 Å². The zero-order valence-electron chi connectivity index (χ0n) is 14.8. The molecule has 2 atom stereocenters. The molecule has 130 valence electrons. The minimum Gasteiger partial charge on any atom is -0.353 e. The van der Waals surface area contributed by atoms with Gasteiger partial charge in [0.05, 0.1) is 11.3 Å². The van der Waals surface area contributed by atoms with Crippen molar-refractivity contribution in [3.63, 3.8) is 0 Å². The number of carbonyl (C=O) groups excluding carboxylic acids is 1. The summed E-state index contributed by atoms with van der Waals surface area (Å²) in [7, 11) is 0.431. The maximum atomic E-state index is 12.2. The number of nitrogens with zero attached hydrogens (tertiary/aromatic N) is 1. The lowest BCUT2D eigenvalue weighted by Crippen LogP contribution is -2.43. The summed E-state index contributed by atoms with van der Waals surface area (Å²) in [5.41, 5.74) is 2.26. The fourth-order valence-electron chi connectivity index (χ4n) is 2.29. The third-order valence-electron chi connectivity index (χ3n) is 4.07. The molecule has 1 rings (SSSR count). The number of hydrogen-bond acceptors (Lipinski definition) is 4. The number of aryl methyl sites for hydroxylation is 1. The van der Waals surface area contributed by atoms with Crippen molar-refractivity contribution in [1.29, 1.82) is 0 Å². The predicted molar refractivity (Wildman–Crippen MR) is 94.1 cm³/mol. The second-order valence-corrected chi connectivity index (χ2v) is 9.24. The molecule has 0 bridgehead atoms.